The summed E-state index contributed by atoms with van der Waals surface area (Å²) in [5.74, 6) is -0.338. The molecule has 1 aromatic heterocycles. The fourth-order valence-corrected chi connectivity index (χ4v) is 1.46. The predicted octanol–water partition coefficient (Wildman–Crippen LogP) is 1.34. The summed E-state index contributed by atoms with van der Waals surface area (Å²) in [6.07, 6.45) is 0. The Hall–Kier alpha value is -2.43. The summed E-state index contributed by atoms with van der Waals surface area (Å²) in [5.41, 5.74) is 1.77. The minimum atomic E-state index is -0.338. The van der Waals surface area contributed by atoms with E-state index in [2.05, 4.69) is 10.4 Å². The molecule has 5 heteroatoms. The van der Waals surface area contributed by atoms with Gasteiger partial charge < -0.3 is 5.32 Å². The number of nitrogens with zero attached hydrogens (tertiary/aromatic N) is 2. The molecule has 1 amide bonds. The Morgan fingerprint density at radius 1 is 1.17 bits per heavy atom. The van der Waals surface area contributed by atoms with E-state index in [4.69, 9.17) is 0 Å². The molecule has 0 radical (unpaired) electrons. The highest BCUT2D eigenvalue weighted by Gasteiger charge is 2.08. The normalized spacial score (nSPS) is 10.1. The number of nitrogens with one attached hydrogen (secondary N) is 1. The number of benzene rings is 1. The number of aryl methyl sites for hydroxylation is 2. The number of amides is 1. The molecule has 0 aliphatic carbocycles. The van der Waals surface area contributed by atoms with Crippen molar-refractivity contribution in [1.82, 2.24) is 9.78 Å². The van der Waals surface area contributed by atoms with E-state index in [0.29, 0.717) is 5.69 Å². The van der Waals surface area contributed by atoms with Gasteiger partial charge in [-0.25, -0.2) is 4.68 Å². The Morgan fingerprint density at radius 2 is 1.83 bits per heavy atom. The van der Waals surface area contributed by atoms with Gasteiger partial charge in [0.15, 0.2) is 0 Å². The molecular formula is C13H13N3O2. The maximum Gasteiger partial charge on any atom is 0.276 e. The van der Waals surface area contributed by atoms with Crippen LogP contribution in [0.3, 0.4) is 0 Å². The number of rotatable bonds is 2. The van der Waals surface area contributed by atoms with Gasteiger partial charge in [0, 0.05) is 18.8 Å². The van der Waals surface area contributed by atoms with Crippen molar-refractivity contribution in [3.63, 3.8) is 0 Å². The van der Waals surface area contributed by atoms with Crippen LogP contribution in [0.2, 0.25) is 0 Å². The molecule has 5 nitrogen and oxygen atoms in total. The van der Waals surface area contributed by atoms with Crippen molar-refractivity contribution in [3.8, 4) is 0 Å². The topological polar surface area (TPSA) is 64.0 Å². The molecule has 0 atom stereocenters. The van der Waals surface area contributed by atoms with Crippen molar-refractivity contribution in [1.29, 1.82) is 0 Å². The van der Waals surface area contributed by atoms with Gasteiger partial charge in [0.1, 0.15) is 5.69 Å². The van der Waals surface area contributed by atoms with Crippen molar-refractivity contribution >= 4 is 11.6 Å². The van der Waals surface area contributed by atoms with Gasteiger partial charge in [0.2, 0.25) is 0 Å². The molecule has 0 aliphatic heterocycles. The van der Waals surface area contributed by atoms with Crippen LogP contribution in [-0.4, -0.2) is 15.7 Å². The zero-order chi connectivity index (χ0) is 13.1. The minimum absolute atomic E-state index is 0.206. The largest absolute Gasteiger partial charge is 0.321 e. The highest BCUT2D eigenvalue weighted by atomic mass is 16.2. The van der Waals surface area contributed by atoms with Gasteiger partial charge in [-0.05, 0) is 25.1 Å². The number of carbonyl (C=O) groups is 1. The van der Waals surface area contributed by atoms with Gasteiger partial charge in [-0.3, -0.25) is 9.59 Å². The smallest absolute Gasteiger partial charge is 0.276 e. The molecule has 1 N–H and O–H groups in total. The number of carbonyl (C=O) groups excluding carboxylic acids is 1. The summed E-state index contributed by atoms with van der Waals surface area (Å²) in [6, 6.07) is 10.2. The van der Waals surface area contributed by atoms with Gasteiger partial charge in [-0.1, -0.05) is 17.7 Å². The van der Waals surface area contributed by atoms with E-state index in [1.54, 1.807) is 0 Å². The van der Waals surface area contributed by atoms with Crippen molar-refractivity contribution in [2.75, 3.05) is 5.32 Å². The SMILES string of the molecule is Cc1ccc(NC(=O)c2ccc(=O)n(C)n2)cc1. The highest BCUT2D eigenvalue weighted by Crippen LogP contribution is 2.09. The van der Waals surface area contributed by atoms with Crippen LogP contribution < -0.4 is 10.9 Å². The Bertz CT molecular complexity index is 629. The molecule has 0 fully saturated rings. The predicted molar refractivity (Wildman–Crippen MR) is 68.6 cm³/mol. The molecule has 0 bridgehead atoms. The van der Waals surface area contributed by atoms with Gasteiger partial charge in [-0.2, -0.15) is 5.10 Å². The van der Waals surface area contributed by atoms with Crippen molar-refractivity contribution < 1.29 is 4.79 Å². The zero-order valence-corrected chi connectivity index (χ0v) is 10.2. The second kappa shape index (κ2) is 4.83. The summed E-state index contributed by atoms with van der Waals surface area (Å²) < 4.78 is 1.13. The lowest BCUT2D eigenvalue weighted by atomic mass is 10.2. The Balaban J connectivity index is 2.19. The van der Waals surface area contributed by atoms with Crippen molar-refractivity contribution in [2.24, 2.45) is 7.05 Å². The first-order valence-electron chi connectivity index (χ1n) is 5.48. The lowest BCUT2D eigenvalue weighted by Gasteiger charge is -2.05. The summed E-state index contributed by atoms with van der Waals surface area (Å²) in [4.78, 5) is 23.0. The third kappa shape index (κ3) is 2.63. The van der Waals surface area contributed by atoms with Gasteiger partial charge in [-0.15, -0.1) is 0 Å². The molecule has 0 spiro atoms. The zero-order valence-electron chi connectivity index (χ0n) is 10.2. The van der Waals surface area contributed by atoms with Crippen molar-refractivity contribution in [2.45, 2.75) is 6.92 Å². The van der Waals surface area contributed by atoms with E-state index in [9.17, 15) is 9.59 Å². The molecule has 1 heterocycles. The van der Waals surface area contributed by atoms with Crippen LogP contribution in [0.25, 0.3) is 0 Å². The van der Waals surface area contributed by atoms with Crippen LogP contribution in [0.5, 0.6) is 0 Å². The molecule has 18 heavy (non-hydrogen) atoms. The summed E-state index contributed by atoms with van der Waals surface area (Å²) in [7, 11) is 1.50. The first-order valence-corrected chi connectivity index (χ1v) is 5.48. The Labute approximate surface area is 104 Å². The van der Waals surface area contributed by atoms with E-state index < -0.39 is 0 Å². The maximum absolute atomic E-state index is 11.9. The number of anilines is 1. The summed E-state index contributed by atoms with van der Waals surface area (Å²) >= 11 is 0. The average molecular weight is 243 g/mol. The molecule has 1 aromatic carbocycles. The number of aromatic nitrogens is 2. The lowest BCUT2D eigenvalue weighted by molar-refractivity contribution is 0.102. The number of hydrogen-bond acceptors (Lipinski definition) is 3. The Kier molecular flexibility index (Phi) is 3.23. The molecule has 2 rings (SSSR count). The summed E-state index contributed by atoms with van der Waals surface area (Å²) in [5, 5.41) is 6.59. The quantitative estimate of drug-likeness (QED) is 0.865. The van der Waals surface area contributed by atoms with Gasteiger partial charge in [0.25, 0.3) is 11.5 Å². The standard InChI is InChI=1S/C13H13N3O2/c1-9-3-5-10(6-4-9)14-13(18)11-7-8-12(17)16(2)15-11/h3-8H,1-2H3,(H,14,18). The van der Waals surface area contributed by atoms with Crippen LogP contribution in [0, 0.1) is 6.92 Å². The van der Waals surface area contributed by atoms with Crippen LogP contribution in [0.15, 0.2) is 41.2 Å². The monoisotopic (exact) mass is 243 g/mol. The fourth-order valence-electron chi connectivity index (χ4n) is 1.46. The molecular weight excluding hydrogens is 230 g/mol. The van der Waals surface area contributed by atoms with E-state index in [1.165, 1.54) is 19.2 Å². The van der Waals surface area contributed by atoms with Crippen LogP contribution in [-0.2, 0) is 7.05 Å². The maximum atomic E-state index is 11.9. The van der Waals surface area contributed by atoms with Crippen LogP contribution >= 0.6 is 0 Å². The van der Waals surface area contributed by atoms with Crippen LogP contribution in [0.1, 0.15) is 16.1 Å². The molecule has 2 aromatic rings. The number of hydrogen-bond donors (Lipinski definition) is 1. The van der Waals surface area contributed by atoms with E-state index >= 15 is 0 Å². The molecule has 0 saturated carbocycles. The molecule has 0 saturated heterocycles. The van der Waals surface area contributed by atoms with Gasteiger partial charge >= 0.3 is 0 Å². The second-order valence-corrected chi connectivity index (χ2v) is 4.00. The lowest BCUT2D eigenvalue weighted by Crippen LogP contribution is -2.23. The Morgan fingerprint density at radius 3 is 2.44 bits per heavy atom. The molecule has 0 aliphatic rings. The van der Waals surface area contributed by atoms with E-state index in [1.807, 2.05) is 31.2 Å². The van der Waals surface area contributed by atoms with E-state index in [0.717, 1.165) is 10.2 Å². The van der Waals surface area contributed by atoms with Gasteiger partial charge in [0.05, 0.1) is 0 Å². The third-order valence-electron chi connectivity index (χ3n) is 2.50. The molecule has 0 unspecified atom stereocenters. The van der Waals surface area contributed by atoms with E-state index in [-0.39, 0.29) is 17.2 Å². The van der Waals surface area contributed by atoms with Crippen molar-refractivity contribution in [3.05, 3.63) is 58.0 Å². The fraction of sp³-hybridized carbons (Fsp3) is 0.154. The minimum Gasteiger partial charge on any atom is -0.321 e. The average Bonchev–Trinajstić information content (AvgIpc) is 2.35. The van der Waals surface area contributed by atoms with Crippen LogP contribution in [0.4, 0.5) is 5.69 Å². The third-order valence-corrected chi connectivity index (χ3v) is 2.50. The first kappa shape index (κ1) is 12.0. The second-order valence-electron chi connectivity index (χ2n) is 4.00. The summed E-state index contributed by atoms with van der Waals surface area (Å²) in [6.45, 7) is 1.97. The highest BCUT2D eigenvalue weighted by molar-refractivity contribution is 6.02. The molecule has 92 valence electrons. The first-order chi connectivity index (χ1) is 8.56.